The summed E-state index contributed by atoms with van der Waals surface area (Å²) in [4.78, 5) is 15.2. The quantitative estimate of drug-likeness (QED) is 0.417. The second-order valence-electron chi connectivity index (χ2n) is 9.32. The molecule has 0 amide bonds. The maximum atomic E-state index is 13.1. The lowest BCUT2D eigenvalue weighted by Crippen LogP contribution is -2.80. The van der Waals surface area contributed by atoms with Crippen molar-refractivity contribution >= 4 is 16.7 Å². The number of benzene rings is 2. The Morgan fingerprint density at radius 1 is 1.00 bits per heavy atom. The first-order valence-corrected chi connectivity index (χ1v) is 11.8. The predicted molar refractivity (Wildman–Crippen MR) is 127 cm³/mol. The van der Waals surface area contributed by atoms with Crippen molar-refractivity contribution in [3.8, 4) is 11.3 Å². The molecule has 3 atom stereocenters. The molecule has 0 saturated heterocycles. The fraction of sp³-hybridized carbons (Fsp3) is 0.241. The first kappa shape index (κ1) is 18.9. The van der Waals surface area contributed by atoms with Gasteiger partial charge in [0.15, 0.2) is 18.0 Å². The van der Waals surface area contributed by atoms with Crippen molar-refractivity contribution < 1.29 is 14.1 Å². The Hall–Kier alpha value is -3.66. The summed E-state index contributed by atoms with van der Waals surface area (Å²) in [6.07, 6.45) is 11.9. The minimum atomic E-state index is -0.409. The van der Waals surface area contributed by atoms with Gasteiger partial charge in [0.1, 0.15) is 11.1 Å². The number of nitrogens with zero attached hydrogens (tertiary/aromatic N) is 2. The molecule has 3 aliphatic heterocycles. The van der Waals surface area contributed by atoms with E-state index < -0.39 is 11.5 Å². The molecular weight excluding hydrogens is 408 g/mol. The average molecular weight is 434 g/mol. The van der Waals surface area contributed by atoms with Crippen LogP contribution in [-0.2, 0) is 20.5 Å². The van der Waals surface area contributed by atoms with Crippen LogP contribution in [0, 0.1) is 0 Å². The number of carbonyl (C=O) groups is 1. The van der Waals surface area contributed by atoms with Gasteiger partial charge in [-0.2, -0.15) is 4.57 Å². The monoisotopic (exact) mass is 433 g/mol. The van der Waals surface area contributed by atoms with Crippen molar-refractivity contribution in [1.29, 1.82) is 0 Å². The molecule has 3 aromatic rings. The lowest BCUT2D eigenvalue weighted by atomic mass is 9.48. The highest BCUT2D eigenvalue weighted by Crippen LogP contribution is 2.67. The molecule has 4 aliphatic rings. The molecule has 7 rings (SSSR count). The molecule has 1 aliphatic carbocycles. The van der Waals surface area contributed by atoms with Gasteiger partial charge in [0.2, 0.25) is 11.2 Å². The van der Waals surface area contributed by atoms with Gasteiger partial charge < -0.3 is 9.64 Å². The number of aromatic nitrogens is 1. The number of hydrogen-bond acceptors (Lipinski definition) is 3. The molecule has 0 bridgehead atoms. The maximum Gasteiger partial charge on any atom is 0.338 e. The van der Waals surface area contributed by atoms with E-state index in [0.29, 0.717) is 0 Å². The number of esters is 1. The minimum absolute atomic E-state index is 0.196. The number of ether oxygens (including phenoxy) is 1. The van der Waals surface area contributed by atoms with E-state index in [4.69, 9.17) is 4.74 Å². The molecule has 4 nitrogen and oxygen atoms in total. The summed E-state index contributed by atoms with van der Waals surface area (Å²) in [6.45, 7) is 4.49. The van der Waals surface area contributed by atoms with Gasteiger partial charge in [-0.25, -0.2) is 4.79 Å². The Bertz CT molecular complexity index is 1470. The molecule has 4 heterocycles. The van der Waals surface area contributed by atoms with Gasteiger partial charge in [0.25, 0.3) is 0 Å². The van der Waals surface area contributed by atoms with E-state index in [9.17, 15) is 4.79 Å². The lowest BCUT2D eigenvalue weighted by Gasteiger charge is -2.61. The highest BCUT2D eigenvalue weighted by molar-refractivity contribution is 5.95. The molecule has 3 unspecified atom stereocenters. The largest absolute Gasteiger partial charge is 0.426 e. The van der Waals surface area contributed by atoms with Crippen molar-refractivity contribution in [3.05, 3.63) is 102 Å². The van der Waals surface area contributed by atoms with Gasteiger partial charge in [-0.15, -0.1) is 0 Å². The van der Waals surface area contributed by atoms with Crippen LogP contribution >= 0.6 is 0 Å². The van der Waals surface area contributed by atoms with E-state index in [2.05, 4.69) is 84.1 Å². The highest BCUT2D eigenvalue weighted by Gasteiger charge is 2.78. The van der Waals surface area contributed by atoms with Crippen LogP contribution in [0.15, 0.2) is 96.7 Å². The SMILES string of the molecule is CCC12C3=C(N4C=CC=CC4C(=O)O3)C1(CC)[n+]1ccc3ccccc3c1-c1ccccc12. The van der Waals surface area contributed by atoms with Crippen LogP contribution < -0.4 is 4.57 Å². The molecule has 0 saturated carbocycles. The fourth-order valence-corrected chi connectivity index (χ4v) is 7.07. The van der Waals surface area contributed by atoms with Gasteiger partial charge >= 0.3 is 5.97 Å². The van der Waals surface area contributed by atoms with E-state index in [1.54, 1.807) is 0 Å². The molecule has 0 radical (unpaired) electrons. The van der Waals surface area contributed by atoms with E-state index in [-0.39, 0.29) is 11.5 Å². The number of hydrogen-bond donors (Lipinski definition) is 0. The molecule has 2 aromatic carbocycles. The average Bonchev–Trinajstić information content (AvgIpc) is 2.86. The topological polar surface area (TPSA) is 33.4 Å². The first-order chi connectivity index (χ1) is 16.2. The Morgan fingerprint density at radius 3 is 2.67 bits per heavy atom. The number of rotatable bonds is 2. The molecule has 0 fully saturated rings. The Kier molecular flexibility index (Phi) is 3.56. The first-order valence-electron chi connectivity index (χ1n) is 11.8. The molecule has 4 heteroatoms. The van der Waals surface area contributed by atoms with Crippen LogP contribution in [0.2, 0.25) is 0 Å². The summed E-state index contributed by atoms with van der Waals surface area (Å²) in [5.74, 6) is 0.630. The van der Waals surface area contributed by atoms with Crippen molar-refractivity contribution in [2.75, 3.05) is 0 Å². The minimum Gasteiger partial charge on any atom is -0.426 e. The number of carbonyl (C=O) groups excluding carboxylic acids is 1. The second-order valence-corrected chi connectivity index (χ2v) is 9.32. The van der Waals surface area contributed by atoms with Gasteiger partial charge in [-0.05, 0) is 35.6 Å². The van der Waals surface area contributed by atoms with E-state index in [1.807, 2.05) is 24.4 Å². The molecule has 0 spiro atoms. The van der Waals surface area contributed by atoms with E-state index in [1.165, 1.54) is 27.6 Å². The van der Waals surface area contributed by atoms with Crippen LogP contribution in [0.5, 0.6) is 0 Å². The van der Waals surface area contributed by atoms with Crippen LogP contribution in [-0.4, -0.2) is 16.9 Å². The summed E-state index contributed by atoms with van der Waals surface area (Å²) >= 11 is 0. The van der Waals surface area contributed by atoms with Gasteiger partial charge in [0.05, 0.1) is 10.9 Å². The van der Waals surface area contributed by atoms with Gasteiger partial charge in [-0.1, -0.05) is 62.4 Å². The predicted octanol–water partition coefficient (Wildman–Crippen LogP) is 5.10. The zero-order valence-corrected chi connectivity index (χ0v) is 18.8. The number of fused-ring (bicyclic) bond motifs is 12. The van der Waals surface area contributed by atoms with Crippen molar-refractivity contribution in [2.24, 2.45) is 0 Å². The second kappa shape index (κ2) is 6.22. The molecule has 162 valence electrons. The third kappa shape index (κ3) is 1.91. The third-order valence-electron chi connectivity index (χ3n) is 8.31. The van der Waals surface area contributed by atoms with Gasteiger partial charge in [-0.3, -0.25) is 0 Å². The summed E-state index contributed by atoms with van der Waals surface area (Å²) < 4.78 is 8.69. The summed E-state index contributed by atoms with van der Waals surface area (Å²) in [6, 6.07) is 19.1. The molecular formula is C29H25N2O2+. The third-order valence-corrected chi connectivity index (χ3v) is 8.31. The van der Waals surface area contributed by atoms with Crippen molar-refractivity contribution in [1.82, 2.24) is 4.90 Å². The lowest BCUT2D eigenvalue weighted by molar-refractivity contribution is -0.765. The van der Waals surface area contributed by atoms with E-state index >= 15 is 0 Å². The Morgan fingerprint density at radius 2 is 1.82 bits per heavy atom. The number of pyridine rings is 1. The van der Waals surface area contributed by atoms with Crippen LogP contribution in [0.3, 0.4) is 0 Å². The standard InChI is InChI=1S/C29H25N2O2/c1-3-28-22-14-8-7-13-21(22)24-20-12-6-5-11-19(20)16-18-31(24)29(28,4-2)25-26(28)33-27(32)23-15-9-10-17-30(23)25/h5-18,23H,3-4H2,1-2H3/q+1. The maximum absolute atomic E-state index is 13.1. The Balaban J connectivity index is 1.66. The Labute approximate surface area is 193 Å². The highest BCUT2D eigenvalue weighted by atomic mass is 16.5. The van der Waals surface area contributed by atoms with Crippen LogP contribution in [0.25, 0.3) is 22.0 Å². The summed E-state index contributed by atoms with van der Waals surface area (Å²) in [7, 11) is 0. The van der Waals surface area contributed by atoms with Crippen LogP contribution in [0.1, 0.15) is 32.3 Å². The summed E-state index contributed by atoms with van der Waals surface area (Å²) in [5, 5.41) is 2.48. The zero-order valence-electron chi connectivity index (χ0n) is 18.8. The summed E-state index contributed by atoms with van der Waals surface area (Å²) in [5.41, 5.74) is 4.09. The van der Waals surface area contributed by atoms with Crippen molar-refractivity contribution in [2.45, 2.75) is 43.7 Å². The van der Waals surface area contributed by atoms with E-state index in [0.717, 1.165) is 24.3 Å². The zero-order chi connectivity index (χ0) is 22.4. The molecule has 0 N–H and O–H groups in total. The van der Waals surface area contributed by atoms with Crippen LogP contribution in [0.4, 0.5) is 0 Å². The smallest absolute Gasteiger partial charge is 0.338 e. The van der Waals surface area contributed by atoms with Crippen molar-refractivity contribution in [3.63, 3.8) is 0 Å². The number of allylic oxidation sites excluding steroid dienone is 4. The van der Waals surface area contributed by atoms with Gasteiger partial charge in [0, 0.05) is 18.7 Å². The molecule has 1 aromatic heterocycles. The normalized spacial score (nSPS) is 28.4. The fourth-order valence-electron chi connectivity index (χ4n) is 7.07. The molecule has 33 heavy (non-hydrogen) atoms.